The van der Waals surface area contributed by atoms with Crippen molar-refractivity contribution >= 4 is 11.9 Å². The number of rotatable bonds is 5. The summed E-state index contributed by atoms with van der Waals surface area (Å²) in [4.78, 5) is 15.6. The zero-order valence-electron chi connectivity index (χ0n) is 13.8. The van der Waals surface area contributed by atoms with E-state index in [0.717, 1.165) is 11.1 Å². The lowest BCUT2D eigenvalue weighted by Gasteiger charge is -2.12. The molecule has 2 rings (SSSR count). The summed E-state index contributed by atoms with van der Waals surface area (Å²) >= 11 is 0. The second-order valence-electron chi connectivity index (χ2n) is 5.19. The van der Waals surface area contributed by atoms with Gasteiger partial charge in [0.05, 0.1) is 0 Å². The molecule has 6 heteroatoms. The highest BCUT2D eigenvalue weighted by Gasteiger charge is 2.03. The van der Waals surface area contributed by atoms with Crippen LogP contribution in [0.15, 0.2) is 53.5 Å². The van der Waals surface area contributed by atoms with Gasteiger partial charge in [-0.1, -0.05) is 24.3 Å². The molecule has 0 saturated carbocycles. The van der Waals surface area contributed by atoms with Crippen LogP contribution in [0.3, 0.4) is 0 Å². The van der Waals surface area contributed by atoms with Crippen LogP contribution in [0.25, 0.3) is 0 Å². The van der Waals surface area contributed by atoms with Gasteiger partial charge in [0, 0.05) is 32.7 Å². The lowest BCUT2D eigenvalue weighted by Crippen LogP contribution is -2.36. The van der Waals surface area contributed by atoms with Gasteiger partial charge in [0.2, 0.25) is 0 Å². The first-order chi connectivity index (χ1) is 11.6. The van der Waals surface area contributed by atoms with E-state index in [9.17, 15) is 9.18 Å². The molecule has 3 N–H and O–H groups in total. The van der Waals surface area contributed by atoms with Crippen molar-refractivity contribution in [2.75, 3.05) is 14.1 Å². The van der Waals surface area contributed by atoms with Crippen LogP contribution in [-0.2, 0) is 13.1 Å². The van der Waals surface area contributed by atoms with Gasteiger partial charge in [-0.15, -0.1) is 0 Å². The van der Waals surface area contributed by atoms with Crippen LogP contribution in [0, 0.1) is 5.82 Å². The molecule has 0 aromatic heterocycles. The summed E-state index contributed by atoms with van der Waals surface area (Å²) in [7, 11) is 3.28. The van der Waals surface area contributed by atoms with Crippen molar-refractivity contribution < 1.29 is 9.18 Å². The number of guanidine groups is 1. The van der Waals surface area contributed by atoms with Gasteiger partial charge >= 0.3 is 0 Å². The van der Waals surface area contributed by atoms with E-state index in [1.807, 2.05) is 18.2 Å². The molecule has 0 heterocycles. The first kappa shape index (κ1) is 17.5. The van der Waals surface area contributed by atoms with Crippen LogP contribution in [-0.4, -0.2) is 26.0 Å². The van der Waals surface area contributed by atoms with Gasteiger partial charge in [-0.2, -0.15) is 0 Å². The highest BCUT2D eigenvalue weighted by molar-refractivity contribution is 5.93. The number of carbonyl (C=O) groups is 1. The van der Waals surface area contributed by atoms with Crippen molar-refractivity contribution in [1.29, 1.82) is 0 Å². The van der Waals surface area contributed by atoms with Gasteiger partial charge < -0.3 is 16.0 Å². The van der Waals surface area contributed by atoms with Crippen LogP contribution in [0.4, 0.5) is 4.39 Å². The normalized spacial score (nSPS) is 11.0. The second kappa shape index (κ2) is 8.67. The highest BCUT2D eigenvalue weighted by Crippen LogP contribution is 2.05. The van der Waals surface area contributed by atoms with Crippen molar-refractivity contribution in [3.63, 3.8) is 0 Å². The van der Waals surface area contributed by atoms with Crippen LogP contribution in [0.1, 0.15) is 21.5 Å². The molecular weight excluding hydrogens is 307 g/mol. The fourth-order valence-electron chi connectivity index (χ4n) is 2.16. The fourth-order valence-corrected chi connectivity index (χ4v) is 2.16. The minimum atomic E-state index is -0.256. The van der Waals surface area contributed by atoms with E-state index in [4.69, 9.17) is 0 Å². The third-order valence-corrected chi connectivity index (χ3v) is 3.48. The molecule has 1 amide bonds. The summed E-state index contributed by atoms with van der Waals surface area (Å²) in [6.45, 7) is 1.05. The fraction of sp³-hybridized carbons (Fsp3) is 0.222. The van der Waals surface area contributed by atoms with Gasteiger partial charge in [0.1, 0.15) is 5.82 Å². The van der Waals surface area contributed by atoms with Crippen molar-refractivity contribution in [1.82, 2.24) is 16.0 Å². The molecule has 5 nitrogen and oxygen atoms in total. The van der Waals surface area contributed by atoms with E-state index in [1.165, 1.54) is 12.1 Å². The zero-order chi connectivity index (χ0) is 17.4. The molecule has 0 aliphatic carbocycles. The number of hydrogen-bond donors (Lipinski definition) is 3. The third-order valence-electron chi connectivity index (χ3n) is 3.48. The molecule has 0 aliphatic rings. The van der Waals surface area contributed by atoms with Gasteiger partial charge in [0.15, 0.2) is 5.96 Å². The van der Waals surface area contributed by atoms with Crippen molar-refractivity contribution in [2.45, 2.75) is 13.1 Å². The van der Waals surface area contributed by atoms with E-state index >= 15 is 0 Å². The Balaban J connectivity index is 1.86. The Bertz CT molecular complexity index is 713. The number of nitrogens with one attached hydrogen (secondary N) is 3. The number of amides is 1. The Morgan fingerprint density at radius 1 is 1.04 bits per heavy atom. The second-order valence-corrected chi connectivity index (χ2v) is 5.19. The number of halogens is 1. The Kier molecular flexibility index (Phi) is 6.31. The quantitative estimate of drug-likeness (QED) is 0.581. The van der Waals surface area contributed by atoms with Gasteiger partial charge in [-0.25, -0.2) is 4.39 Å². The summed E-state index contributed by atoms with van der Waals surface area (Å²) in [6.07, 6.45) is 0. The van der Waals surface area contributed by atoms with Crippen LogP contribution in [0.5, 0.6) is 0 Å². The molecule has 0 atom stereocenters. The number of nitrogens with zero attached hydrogens (tertiary/aromatic N) is 1. The lowest BCUT2D eigenvalue weighted by atomic mass is 10.1. The molecule has 0 fully saturated rings. The number of carbonyl (C=O) groups excluding carboxylic acids is 1. The molecule has 2 aromatic carbocycles. The predicted molar refractivity (Wildman–Crippen MR) is 93.3 cm³/mol. The SMILES string of the molecule is CN=C(NCc1ccc(C(=O)NC)cc1)NCc1cccc(F)c1. The molecule has 2 aromatic rings. The molecular formula is C18H21FN4O. The number of aliphatic imine (C=N–C) groups is 1. The van der Waals surface area contributed by atoms with E-state index in [0.29, 0.717) is 24.6 Å². The maximum absolute atomic E-state index is 13.2. The number of benzene rings is 2. The molecule has 0 unspecified atom stereocenters. The van der Waals surface area contributed by atoms with Crippen LogP contribution in [0.2, 0.25) is 0 Å². The summed E-state index contributed by atoms with van der Waals surface area (Å²) < 4.78 is 13.2. The Labute approximate surface area is 141 Å². The highest BCUT2D eigenvalue weighted by atomic mass is 19.1. The average molecular weight is 328 g/mol. The monoisotopic (exact) mass is 328 g/mol. The predicted octanol–water partition coefficient (Wildman–Crippen LogP) is 2.05. The topological polar surface area (TPSA) is 65.5 Å². The first-order valence-corrected chi connectivity index (χ1v) is 7.62. The molecule has 126 valence electrons. The van der Waals surface area contributed by atoms with Gasteiger partial charge in [-0.05, 0) is 35.4 Å². The first-order valence-electron chi connectivity index (χ1n) is 7.62. The minimum Gasteiger partial charge on any atom is -0.355 e. The average Bonchev–Trinajstić information content (AvgIpc) is 2.61. The van der Waals surface area contributed by atoms with Crippen LogP contribution < -0.4 is 16.0 Å². The van der Waals surface area contributed by atoms with Gasteiger partial charge in [-0.3, -0.25) is 9.79 Å². The lowest BCUT2D eigenvalue weighted by molar-refractivity contribution is 0.0963. The van der Waals surface area contributed by atoms with Crippen molar-refractivity contribution in [2.24, 2.45) is 4.99 Å². The zero-order valence-corrected chi connectivity index (χ0v) is 13.8. The van der Waals surface area contributed by atoms with E-state index in [1.54, 1.807) is 32.3 Å². The Morgan fingerprint density at radius 3 is 2.29 bits per heavy atom. The maximum Gasteiger partial charge on any atom is 0.251 e. The summed E-state index contributed by atoms with van der Waals surface area (Å²) in [5.74, 6) is 0.255. The summed E-state index contributed by atoms with van der Waals surface area (Å²) in [5.41, 5.74) is 2.49. The molecule has 0 spiro atoms. The molecule has 24 heavy (non-hydrogen) atoms. The molecule has 0 saturated heterocycles. The largest absolute Gasteiger partial charge is 0.355 e. The maximum atomic E-state index is 13.2. The Morgan fingerprint density at radius 2 is 1.71 bits per heavy atom. The standard InChI is InChI=1S/C18H21FN4O/c1-20-17(24)15-8-6-13(7-9-15)11-22-18(21-2)23-12-14-4-3-5-16(19)10-14/h3-10H,11-12H2,1-2H3,(H,20,24)(H2,21,22,23). The van der Waals surface area contributed by atoms with E-state index in [-0.39, 0.29) is 11.7 Å². The van der Waals surface area contributed by atoms with E-state index in [2.05, 4.69) is 20.9 Å². The van der Waals surface area contributed by atoms with Crippen molar-refractivity contribution in [3.8, 4) is 0 Å². The Hall–Kier alpha value is -2.89. The molecule has 0 aliphatic heterocycles. The molecule has 0 radical (unpaired) electrons. The number of hydrogen-bond acceptors (Lipinski definition) is 2. The van der Waals surface area contributed by atoms with E-state index < -0.39 is 0 Å². The molecule has 0 bridgehead atoms. The summed E-state index contributed by atoms with van der Waals surface area (Å²) in [5, 5.41) is 8.89. The van der Waals surface area contributed by atoms with Crippen molar-refractivity contribution in [3.05, 3.63) is 71.0 Å². The summed E-state index contributed by atoms with van der Waals surface area (Å²) in [6, 6.07) is 13.8. The van der Waals surface area contributed by atoms with Gasteiger partial charge in [0.25, 0.3) is 5.91 Å². The smallest absolute Gasteiger partial charge is 0.251 e. The van der Waals surface area contributed by atoms with Crippen LogP contribution >= 0.6 is 0 Å². The minimum absolute atomic E-state index is 0.109. The third kappa shape index (κ3) is 5.08.